The Bertz CT molecular complexity index is 669. The predicted molar refractivity (Wildman–Crippen MR) is 65.7 cm³/mol. The Kier molecular flexibility index (Phi) is 3.71. The quantitative estimate of drug-likeness (QED) is 0.667. The summed E-state index contributed by atoms with van der Waals surface area (Å²) >= 11 is 0. The van der Waals surface area contributed by atoms with Crippen LogP contribution in [0.2, 0.25) is 0 Å². The van der Waals surface area contributed by atoms with Crippen molar-refractivity contribution in [3.8, 4) is 0 Å². The number of non-ortho nitro benzene ring substituents is 1. The maximum Gasteiger partial charge on any atom is 0.273 e. The standard InChI is InChI=1S/C11H11FN2O5S/c12-8-4-9(14(16)17)6-10(5-8)20(18,19)13-11(15)7-2-1-3-7/h4-7H,1-3H2,(H,13,15). The Balaban J connectivity index is 2.28. The number of carbonyl (C=O) groups is 1. The van der Waals surface area contributed by atoms with E-state index in [1.807, 2.05) is 4.72 Å². The van der Waals surface area contributed by atoms with Crippen LogP contribution in [0, 0.1) is 21.8 Å². The summed E-state index contributed by atoms with van der Waals surface area (Å²) in [5, 5.41) is 10.6. The van der Waals surface area contributed by atoms with Crippen molar-refractivity contribution in [3.05, 3.63) is 34.1 Å². The van der Waals surface area contributed by atoms with Crippen molar-refractivity contribution in [2.24, 2.45) is 5.92 Å². The highest BCUT2D eigenvalue weighted by molar-refractivity contribution is 7.90. The van der Waals surface area contributed by atoms with Crippen molar-refractivity contribution in [3.63, 3.8) is 0 Å². The first kappa shape index (κ1) is 14.4. The lowest BCUT2D eigenvalue weighted by Crippen LogP contribution is -2.38. The van der Waals surface area contributed by atoms with Gasteiger partial charge in [-0.3, -0.25) is 14.9 Å². The highest BCUT2D eigenvalue weighted by Crippen LogP contribution is 2.27. The summed E-state index contributed by atoms with van der Waals surface area (Å²) in [5.41, 5.74) is -0.693. The lowest BCUT2D eigenvalue weighted by atomic mass is 9.85. The fraction of sp³-hybridized carbons (Fsp3) is 0.364. The number of sulfonamides is 1. The van der Waals surface area contributed by atoms with Crippen molar-refractivity contribution in [1.29, 1.82) is 0 Å². The second-order valence-corrected chi connectivity index (χ2v) is 6.18. The normalized spacial score (nSPS) is 15.4. The molecule has 1 fully saturated rings. The molecule has 0 saturated heterocycles. The molecule has 1 aromatic rings. The first-order valence-corrected chi connectivity index (χ1v) is 7.29. The zero-order valence-corrected chi connectivity index (χ0v) is 11.0. The van der Waals surface area contributed by atoms with Crippen molar-refractivity contribution >= 4 is 21.6 Å². The van der Waals surface area contributed by atoms with Crippen LogP contribution in [0.15, 0.2) is 23.1 Å². The van der Waals surface area contributed by atoms with Gasteiger partial charge in [-0.2, -0.15) is 0 Å². The largest absolute Gasteiger partial charge is 0.274 e. The van der Waals surface area contributed by atoms with Crippen molar-refractivity contribution in [2.45, 2.75) is 24.2 Å². The zero-order valence-electron chi connectivity index (χ0n) is 10.2. The Hall–Kier alpha value is -2.03. The van der Waals surface area contributed by atoms with E-state index in [1.165, 1.54) is 0 Å². The van der Waals surface area contributed by atoms with Gasteiger partial charge in [-0.1, -0.05) is 6.42 Å². The summed E-state index contributed by atoms with van der Waals surface area (Å²) in [7, 11) is -4.30. The molecule has 0 unspecified atom stereocenters. The molecule has 0 spiro atoms. The maximum atomic E-state index is 13.2. The third-order valence-electron chi connectivity index (χ3n) is 3.09. The number of rotatable bonds is 4. The van der Waals surface area contributed by atoms with E-state index < -0.39 is 37.3 Å². The number of halogens is 1. The van der Waals surface area contributed by atoms with E-state index >= 15 is 0 Å². The molecule has 1 N–H and O–H groups in total. The van der Waals surface area contributed by atoms with Gasteiger partial charge < -0.3 is 0 Å². The Morgan fingerprint density at radius 2 is 2.00 bits per heavy atom. The second kappa shape index (κ2) is 5.16. The highest BCUT2D eigenvalue weighted by Gasteiger charge is 2.29. The van der Waals surface area contributed by atoms with Gasteiger partial charge in [-0.05, 0) is 18.9 Å². The molecule has 108 valence electrons. The number of amides is 1. The molecule has 9 heteroatoms. The second-order valence-electron chi connectivity index (χ2n) is 4.50. The van der Waals surface area contributed by atoms with Gasteiger partial charge in [0.05, 0.1) is 15.9 Å². The van der Waals surface area contributed by atoms with Gasteiger partial charge in [0.15, 0.2) is 0 Å². The van der Waals surface area contributed by atoms with E-state index in [-0.39, 0.29) is 5.92 Å². The fourth-order valence-electron chi connectivity index (χ4n) is 1.75. The summed E-state index contributed by atoms with van der Waals surface area (Å²) in [6.07, 6.45) is 2.05. The van der Waals surface area contributed by atoms with Crippen LogP contribution in [0.1, 0.15) is 19.3 Å². The van der Waals surface area contributed by atoms with Crippen molar-refractivity contribution in [1.82, 2.24) is 4.72 Å². The summed E-state index contributed by atoms with van der Waals surface area (Å²) in [5.74, 6) is -2.09. The minimum atomic E-state index is -4.30. The summed E-state index contributed by atoms with van der Waals surface area (Å²) < 4.78 is 38.8. The molecular weight excluding hydrogens is 291 g/mol. The third kappa shape index (κ3) is 2.93. The molecule has 1 aliphatic rings. The minimum absolute atomic E-state index is 0.367. The number of nitrogens with one attached hydrogen (secondary N) is 1. The molecule has 1 aromatic carbocycles. The molecule has 7 nitrogen and oxygen atoms in total. The number of hydrogen-bond acceptors (Lipinski definition) is 5. The average molecular weight is 302 g/mol. The molecular formula is C11H11FN2O5S. The molecule has 1 amide bonds. The molecule has 0 radical (unpaired) electrons. The van der Waals surface area contributed by atoms with Gasteiger partial charge in [0.2, 0.25) is 5.91 Å². The third-order valence-corrected chi connectivity index (χ3v) is 4.41. The summed E-state index contributed by atoms with van der Waals surface area (Å²) in [4.78, 5) is 20.6. The van der Waals surface area contributed by atoms with Crippen LogP contribution in [0.5, 0.6) is 0 Å². The van der Waals surface area contributed by atoms with E-state index in [9.17, 15) is 27.7 Å². The minimum Gasteiger partial charge on any atom is -0.274 e. The monoisotopic (exact) mass is 302 g/mol. The van der Waals surface area contributed by atoms with E-state index in [0.717, 1.165) is 6.42 Å². The summed E-state index contributed by atoms with van der Waals surface area (Å²) in [6.45, 7) is 0. The van der Waals surface area contributed by atoms with E-state index in [0.29, 0.717) is 31.0 Å². The maximum absolute atomic E-state index is 13.2. The molecule has 0 heterocycles. The molecule has 0 atom stereocenters. The number of benzene rings is 1. The zero-order chi connectivity index (χ0) is 14.9. The van der Waals surface area contributed by atoms with Gasteiger partial charge >= 0.3 is 0 Å². The smallest absolute Gasteiger partial charge is 0.273 e. The van der Waals surface area contributed by atoms with Crippen LogP contribution in [0.25, 0.3) is 0 Å². The molecule has 20 heavy (non-hydrogen) atoms. The Morgan fingerprint density at radius 1 is 1.35 bits per heavy atom. The predicted octanol–water partition coefficient (Wildman–Crippen LogP) is 1.34. The lowest BCUT2D eigenvalue weighted by Gasteiger charge is -2.23. The number of hydrogen-bond donors (Lipinski definition) is 1. The number of nitrogens with zero attached hydrogens (tertiary/aromatic N) is 1. The van der Waals surface area contributed by atoms with Gasteiger partial charge in [0.25, 0.3) is 15.7 Å². The van der Waals surface area contributed by atoms with Gasteiger partial charge in [-0.15, -0.1) is 0 Å². The van der Waals surface area contributed by atoms with Crippen LogP contribution in [0.3, 0.4) is 0 Å². The first-order valence-electron chi connectivity index (χ1n) is 5.81. The summed E-state index contributed by atoms with van der Waals surface area (Å²) in [6, 6.07) is 1.94. The van der Waals surface area contributed by atoms with Gasteiger partial charge in [-0.25, -0.2) is 17.5 Å². The average Bonchev–Trinajstić information content (AvgIpc) is 2.24. The number of nitro benzene ring substituents is 1. The molecule has 1 aliphatic carbocycles. The SMILES string of the molecule is O=C(NS(=O)(=O)c1cc(F)cc([N+](=O)[O-])c1)C1CCC1. The van der Waals surface area contributed by atoms with Gasteiger partial charge in [0, 0.05) is 12.0 Å². The van der Waals surface area contributed by atoms with Crippen LogP contribution >= 0.6 is 0 Å². The Morgan fingerprint density at radius 3 is 2.50 bits per heavy atom. The molecule has 0 aromatic heterocycles. The molecule has 1 saturated carbocycles. The fourth-order valence-corrected chi connectivity index (χ4v) is 2.85. The highest BCUT2D eigenvalue weighted by atomic mass is 32.2. The Labute approximate surface area is 114 Å². The van der Waals surface area contributed by atoms with E-state index in [1.54, 1.807) is 0 Å². The van der Waals surface area contributed by atoms with E-state index in [4.69, 9.17) is 0 Å². The first-order chi connectivity index (χ1) is 9.29. The van der Waals surface area contributed by atoms with Crippen molar-refractivity contribution in [2.75, 3.05) is 0 Å². The van der Waals surface area contributed by atoms with Crippen LogP contribution in [0.4, 0.5) is 10.1 Å². The van der Waals surface area contributed by atoms with Crippen molar-refractivity contribution < 1.29 is 22.5 Å². The lowest BCUT2D eigenvalue weighted by molar-refractivity contribution is -0.385. The van der Waals surface area contributed by atoms with Crippen LogP contribution in [-0.2, 0) is 14.8 Å². The number of nitro groups is 1. The van der Waals surface area contributed by atoms with Crippen LogP contribution < -0.4 is 4.72 Å². The molecule has 0 aliphatic heterocycles. The molecule has 2 rings (SSSR count). The van der Waals surface area contributed by atoms with E-state index in [2.05, 4.69) is 0 Å². The topological polar surface area (TPSA) is 106 Å². The molecule has 0 bridgehead atoms. The van der Waals surface area contributed by atoms with Gasteiger partial charge in [0.1, 0.15) is 5.82 Å². The van der Waals surface area contributed by atoms with Crippen LogP contribution in [-0.4, -0.2) is 19.2 Å². The number of carbonyl (C=O) groups excluding carboxylic acids is 1.